The first-order valence-electron chi connectivity index (χ1n) is 9.65. The van der Waals surface area contributed by atoms with E-state index in [1.165, 1.54) is 36.7 Å². The third-order valence-corrected chi connectivity index (χ3v) is 6.83. The van der Waals surface area contributed by atoms with Crippen molar-refractivity contribution in [1.82, 2.24) is 9.62 Å². The van der Waals surface area contributed by atoms with Gasteiger partial charge in [-0.1, -0.05) is 6.07 Å². The van der Waals surface area contributed by atoms with E-state index in [0.29, 0.717) is 24.7 Å². The Hall–Kier alpha value is -2.82. The van der Waals surface area contributed by atoms with Crippen molar-refractivity contribution in [1.29, 1.82) is 0 Å². The summed E-state index contributed by atoms with van der Waals surface area (Å²) in [5.41, 5.74) is 1.02. The molecule has 9 nitrogen and oxygen atoms in total. The minimum Gasteiger partial charge on any atom is -0.495 e. The van der Waals surface area contributed by atoms with Crippen LogP contribution in [0.15, 0.2) is 41.3 Å². The fraction of sp³-hybridized carbons (Fsp3) is 0.381. The van der Waals surface area contributed by atoms with Gasteiger partial charge in [-0.3, -0.25) is 4.79 Å². The van der Waals surface area contributed by atoms with Crippen molar-refractivity contribution in [3.63, 3.8) is 0 Å². The van der Waals surface area contributed by atoms with Gasteiger partial charge in [-0.05, 0) is 35.9 Å². The fourth-order valence-electron chi connectivity index (χ4n) is 3.22. The maximum atomic E-state index is 13.1. The molecule has 1 saturated heterocycles. The predicted octanol–water partition coefficient (Wildman–Crippen LogP) is 1.66. The molecule has 0 unspecified atom stereocenters. The highest BCUT2D eigenvalue weighted by Gasteiger charge is 2.30. The molecule has 168 valence electrons. The van der Waals surface area contributed by atoms with Crippen LogP contribution in [0.2, 0.25) is 0 Å². The topological polar surface area (TPSA) is 103 Å². The number of hydrogen-bond acceptors (Lipinski definition) is 7. The second-order valence-electron chi connectivity index (χ2n) is 6.75. The van der Waals surface area contributed by atoms with E-state index in [-0.39, 0.29) is 35.8 Å². The standard InChI is InChI=1S/C21H26N2O7S/c1-27-17-6-4-15(12-19(17)29-3)14-22-21(24)16-5-7-18(28-2)20(13-16)31(25,26)23-8-10-30-11-9-23/h4-7,12-13H,8-11,14H2,1-3H3,(H,22,24). The Labute approximate surface area is 181 Å². The number of carbonyl (C=O) groups excluding carboxylic acids is 1. The summed E-state index contributed by atoms with van der Waals surface area (Å²) in [6.07, 6.45) is 0. The van der Waals surface area contributed by atoms with E-state index in [0.717, 1.165) is 5.56 Å². The third-order valence-electron chi connectivity index (χ3n) is 4.91. The molecule has 1 aliphatic heterocycles. The van der Waals surface area contributed by atoms with Gasteiger partial charge < -0.3 is 24.3 Å². The average Bonchev–Trinajstić information content (AvgIpc) is 2.82. The molecule has 0 aliphatic carbocycles. The van der Waals surface area contributed by atoms with Crippen molar-refractivity contribution in [3.05, 3.63) is 47.5 Å². The highest BCUT2D eigenvalue weighted by atomic mass is 32.2. The van der Waals surface area contributed by atoms with Gasteiger partial charge in [-0.25, -0.2) is 8.42 Å². The summed E-state index contributed by atoms with van der Waals surface area (Å²) in [5.74, 6) is 0.919. The van der Waals surface area contributed by atoms with E-state index >= 15 is 0 Å². The molecule has 1 aliphatic rings. The van der Waals surface area contributed by atoms with Gasteiger partial charge in [0.1, 0.15) is 10.6 Å². The number of hydrogen-bond donors (Lipinski definition) is 1. The van der Waals surface area contributed by atoms with Crippen LogP contribution in [0.5, 0.6) is 17.2 Å². The number of amides is 1. The van der Waals surface area contributed by atoms with Crippen molar-refractivity contribution in [2.45, 2.75) is 11.4 Å². The third kappa shape index (κ3) is 5.09. The van der Waals surface area contributed by atoms with Crippen molar-refractivity contribution >= 4 is 15.9 Å². The number of rotatable bonds is 8. The van der Waals surface area contributed by atoms with Gasteiger partial charge in [0, 0.05) is 25.2 Å². The van der Waals surface area contributed by atoms with Crippen LogP contribution in [0.3, 0.4) is 0 Å². The minimum atomic E-state index is -3.83. The Morgan fingerprint density at radius 1 is 0.968 bits per heavy atom. The zero-order valence-corrected chi connectivity index (χ0v) is 18.5. The molecule has 1 heterocycles. The SMILES string of the molecule is COc1ccc(CNC(=O)c2ccc(OC)c(S(=O)(=O)N3CCOCC3)c2)cc1OC. The Bertz CT molecular complexity index is 1030. The fourth-order valence-corrected chi connectivity index (χ4v) is 4.81. The van der Waals surface area contributed by atoms with Crippen LogP contribution >= 0.6 is 0 Å². The van der Waals surface area contributed by atoms with E-state index in [4.69, 9.17) is 18.9 Å². The van der Waals surface area contributed by atoms with Crippen molar-refractivity contribution in [2.75, 3.05) is 47.6 Å². The highest BCUT2D eigenvalue weighted by Crippen LogP contribution is 2.29. The molecule has 2 aromatic rings. The van der Waals surface area contributed by atoms with Crippen LogP contribution in [0.4, 0.5) is 0 Å². The Morgan fingerprint density at radius 3 is 2.26 bits per heavy atom. The highest BCUT2D eigenvalue weighted by molar-refractivity contribution is 7.89. The van der Waals surface area contributed by atoms with E-state index in [1.54, 1.807) is 19.2 Å². The van der Waals surface area contributed by atoms with Crippen molar-refractivity contribution in [3.8, 4) is 17.2 Å². The number of methoxy groups -OCH3 is 3. The normalized spacial score (nSPS) is 14.7. The number of nitrogens with zero attached hydrogens (tertiary/aromatic N) is 1. The molecule has 0 aromatic heterocycles. The van der Waals surface area contributed by atoms with Gasteiger partial charge in [-0.15, -0.1) is 0 Å². The molecule has 0 radical (unpaired) electrons. The van der Waals surface area contributed by atoms with Gasteiger partial charge in [0.05, 0.1) is 34.5 Å². The van der Waals surface area contributed by atoms with E-state index in [9.17, 15) is 13.2 Å². The Balaban J connectivity index is 1.80. The number of benzene rings is 2. The van der Waals surface area contributed by atoms with Gasteiger partial charge in [-0.2, -0.15) is 4.31 Å². The zero-order chi connectivity index (χ0) is 22.4. The van der Waals surface area contributed by atoms with Crippen molar-refractivity contribution < 1.29 is 32.2 Å². The summed E-state index contributed by atoms with van der Waals surface area (Å²) >= 11 is 0. The molecule has 0 saturated carbocycles. The molecular formula is C21H26N2O7S. The lowest BCUT2D eigenvalue weighted by molar-refractivity contribution is 0.0729. The molecule has 0 bridgehead atoms. The molecule has 0 spiro atoms. The van der Waals surface area contributed by atoms with Gasteiger partial charge in [0.2, 0.25) is 10.0 Å². The van der Waals surface area contributed by atoms with Crippen molar-refractivity contribution in [2.24, 2.45) is 0 Å². The quantitative estimate of drug-likeness (QED) is 0.652. The lowest BCUT2D eigenvalue weighted by atomic mass is 10.1. The molecular weight excluding hydrogens is 424 g/mol. The summed E-state index contributed by atoms with van der Waals surface area (Å²) in [6.45, 7) is 1.39. The summed E-state index contributed by atoms with van der Waals surface area (Å²) < 4.78 is 48.5. The first-order valence-corrected chi connectivity index (χ1v) is 11.1. The molecule has 1 amide bonds. The maximum Gasteiger partial charge on any atom is 0.251 e. The first-order chi connectivity index (χ1) is 14.9. The number of carbonyl (C=O) groups is 1. The molecule has 10 heteroatoms. The van der Waals surface area contributed by atoms with Gasteiger partial charge >= 0.3 is 0 Å². The Kier molecular flexibility index (Phi) is 7.37. The Morgan fingerprint density at radius 2 is 1.61 bits per heavy atom. The summed E-state index contributed by atoms with van der Waals surface area (Å²) in [6, 6.07) is 9.68. The number of sulfonamides is 1. The molecule has 1 fully saturated rings. The lowest BCUT2D eigenvalue weighted by Crippen LogP contribution is -2.40. The monoisotopic (exact) mass is 450 g/mol. The number of morpholine rings is 1. The number of nitrogens with one attached hydrogen (secondary N) is 1. The predicted molar refractivity (Wildman–Crippen MR) is 113 cm³/mol. The van der Waals surface area contributed by atoms with Crippen LogP contribution in [-0.4, -0.2) is 66.3 Å². The van der Waals surface area contributed by atoms with Crippen LogP contribution < -0.4 is 19.5 Å². The van der Waals surface area contributed by atoms with Crippen LogP contribution in [0.1, 0.15) is 15.9 Å². The van der Waals surface area contributed by atoms with E-state index in [1.807, 2.05) is 6.07 Å². The smallest absolute Gasteiger partial charge is 0.251 e. The summed E-state index contributed by atoms with van der Waals surface area (Å²) in [7, 11) is 0.649. The van der Waals surface area contributed by atoms with Gasteiger partial charge in [0.15, 0.2) is 11.5 Å². The van der Waals surface area contributed by atoms with E-state index in [2.05, 4.69) is 5.32 Å². The summed E-state index contributed by atoms with van der Waals surface area (Å²) in [5, 5.41) is 2.80. The second-order valence-corrected chi connectivity index (χ2v) is 8.66. The molecule has 2 aromatic carbocycles. The molecule has 1 N–H and O–H groups in total. The molecule has 31 heavy (non-hydrogen) atoms. The largest absolute Gasteiger partial charge is 0.495 e. The summed E-state index contributed by atoms with van der Waals surface area (Å²) in [4.78, 5) is 12.7. The van der Waals surface area contributed by atoms with Crippen LogP contribution in [0.25, 0.3) is 0 Å². The van der Waals surface area contributed by atoms with Crippen LogP contribution in [-0.2, 0) is 21.3 Å². The number of ether oxygens (including phenoxy) is 4. The maximum absolute atomic E-state index is 13.1. The van der Waals surface area contributed by atoms with Crippen LogP contribution in [0, 0.1) is 0 Å². The van der Waals surface area contributed by atoms with Gasteiger partial charge in [0.25, 0.3) is 5.91 Å². The second kappa shape index (κ2) is 9.99. The first kappa shape index (κ1) is 22.9. The zero-order valence-electron chi connectivity index (χ0n) is 17.7. The molecule has 3 rings (SSSR count). The lowest BCUT2D eigenvalue weighted by Gasteiger charge is -2.26. The molecule has 0 atom stereocenters. The average molecular weight is 451 g/mol. The minimum absolute atomic E-state index is 0.0457. The van der Waals surface area contributed by atoms with E-state index < -0.39 is 15.9 Å².